The summed E-state index contributed by atoms with van der Waals surface area (Å²) in [6.45, 7) is 0. The van der Waals surface area contributed by atoms with Crippen LogP contribution in [0.25, 0.3) is 11.0 Å². The van der Waals surface area contributed by atoms with Crippen molar-refractivity contribution >= 4 is 44.6 Å². The van der Waals surface area contributed by atoms with E-state index in [1.807, 2.05) is 24.3 Å². The average Bonchev–Trinajstić information content (AvgIpc) is 2.94. The molecular weight excluding hydrogens is 392 g/mol. The maximum absolute atomic E-state index is 11.2. The molecule has 1 aromatic heterocycles. The average molecular weight is 403 g/mol. The molecule has 0 amide bonds. The fraction of sp³-hybridized carbons (Fsp3) is 0.0667. The maximum Gasteiger partial charge on any atom is 0.271 e. The zero-order valence-electron chi connectivity index (χ0n) is 12.5. The first-order chi connectivity index (χ1) is 12.0. The lowest BCUT2D eigenvalue weighted by atomic mass is 10.1. The van der Waals surface area contributed by atoms with Crippen molar-refractivity contribution in [3.63, 3.8) is 0 Å². The predicted molar refractivity (Wildman–Crippen MR) is 95.6 cm³/mol. The fourth-order valence-corrected chi connectivity index (χ4v) is 3.30. The Hall–Kier alpha value is -3.14. The summed E-state index contributed by atoms with van der Waals surface area (Å²) in [6, 6.07) is 9.90. The van der Waals surface area contributed by atoms with Crippen LogP contribution in [0, 0.1) is 10.1 Å². The number of halogens is 1. The Kier molecular flexibility index (Phi) is 3.35. The van der Waals surface area contributed by atoms with Crippen LogP contribution in [-0.2, 0) is 0 Å². The van der Waals surface area contributed by atoms with E-state index in [1.165, 1.54) is 12.1 Å². The van der Waals surface area contributed by atoms with Gasteiger partial charge in [0.05, 0.1) is 20.4 Å². The smallest absolute Gasteiger partial charge is 0.271 e. The highest BCUT2D eigenvalue weighted by Crippen LogP contribution is 2.41. The number of nitrogens with zero attached hydrogens (tertiary/aromatic N) is 4. The molecule has 0 radical (unpaired) electrons. The second-order valence-corrected chi connectivity index (χ2v) is 6.28. The molecule has 1 aliphatic heterocycles. The lowest BCUT2D eigenvalue weighted by Crippen LogP contribution is -2.31. The lowest BCUT2D eigenvalue weighted by Gasteiger charge is -2.24. The number of aromatic nitrogens is 2. The Morgan fingerprint density at radius 2 is 2.12 bits per heavy atom. The Bertz CT molecular complexity index is 1060. The Morgan fingerprint density at radius 1 is 1.36 bits per heavy atom. The van der Waals surface area contributed by atoms with Crippen LogP contribution in [0.2, 0.25) is 0 Å². The third-order valence-corrected chi connectivity index (χ3v) is 4.51. The Balaban J connectivity index is 2.00. The number of aliphatic imine (C=N–C) groups is 1. The zero-order chi connectivity index (χ0) is 17.7. The first kappa shape index (κ1) is 15.4. The first-order valence-electron chi connectivity index (χ1n) is 7.20. The molecule has 0 saturated carbocycles. The molecule has 3 aromatic rings. The van der Waals surface area contributed by atoms with Crippen LogP contribution >= 0.6 is 15.9 Å². The van der Waals surface area contributed by atoms with Gasteiger partial charge in [0.2, 0.25) is 5.95 Å². The summed E-state index contributed by atoms with van der Waals surface area (Å²) in [5.74, 6) is 0.411. The monoisotopic (exact) mass is 402 g/mol. The van der Waals surface area contributed by atoms with Gasteiger partial charge in [0.25, 0.3) is 5.69 Å². The number of fused-ring (bicyclic) bond motifs is 3. The number of phenols is 1. The Morgan fingerprint density at radius 3 is 2.88 bits per heavy atom. The van der Waals surface area contributed by atoms with Crippen molar-refractivity contribution in [2.75, 3.05) is 5.32 Å². The number of hydrogen-bond donors (Lipinski definition) is 3. The molecule has 4 rings (SSSR count). The van der Waals surface area contributed by atoms with Crippen molar-refractivity contribution < 1.29 is 10.0 Å². The molecule has 0 aliphatic carbocycles. The quantitative estimate of drug-likeness (QED) is 0.445. The molecule has 0 unspecified atom stereocenters. The molecule has 2 aromatic carbocycles. The van der Waals surface area contributed by atoms with Crippen LogP contribution in [0.15, 0.2) is 45.9 Å². The molecule has 0 fully saturated rings. The number of nitro groups is 1. The van der Waals surface area contributed by atoms with Crippen LogP contribution in [0.3, 0.4) is 0 Å². The SMILES string of the molecule is NC1=N[C@H](c2cc([N+](=O)[O-])cc(Br)c2O)n2c(nc3ccccc32)N1. The number of para-hydroxylation sites is 2. The number of guanidine groups is 1. The van der Waals surface area contributed by atoms with E-state index in [2.05, 4.69) is 31.2 Å². The van der Waals surface area contributed by atoms with Gasteiger partial charge in [-0.05, 0) is 28.1 Å². The molecule has 4 N–H and O–H groups in total. The highest BCUT2D eigenvalue weighted by molar-refractivity contribution is 9.10. The normalized spacial score (nSPS) is 16.2. The highest BCUT2D eigenvalue weighted by Gasteiger charge is 2.29. The number of nitro benzene ring substituents is 1. The number of aromatic hydroxyl groups is 1. The van der Waals surface area contributed by atoms with Crippen molar-refractivity contribution in [2.24, 2.45) is 10.7 Å². The maximum atomic E-state index is 11.2. The molecular formula is C15H11BrN6O3. The van der Waals surface area contributed by atoms with Crippen LogP contribution in [-0.4, -0.2) is 25.5 Å². The van der Waals surface area contributed by atoms with Gasteiger partial charge in [0.1, 0.15) is 5.75 Å². The lowest BCUT2D eigenvalue weighted by molar-refractivity contribution is -0.385. The topological polar surface area (TPSA) is 132 Å². The molecule has 0 saturated heterocycles. The van der Waals surface area contributed by atoms with Gasteiger partial charge in [-0.25, -0.2) is 9.98 Å². The van der Waals surface area contributed by atoms with E-state index in [9.17, 15) is 15.2 Å². The van der Waals surface area contributed by atoms with Crippen molar-refractivity contribution in [2.45, 2.75) is 6.17 Å². The number of imidazole rings is 1. The number of phenolic OH excluding ortho intramolecular Hbond substituents is 1. The third kappa shape index (κ3) is 2.38. The van der Waals surface area contributed by atoms with E-state index < -0.39 is 11.1 Å². The van der Waals surface area contributed by atoms with E-state index in [1.54, 1.807) is 4.57 Å². The molecule has 2 heterocycles. The minimum absolute atomic E-state index is 0.106. The summed E-state index contributed by atoms with van der Waals surface area (Å²) in [6.07, 6.45) is -0.792. The van der Waals surface area contributed by atoms with Gasteiger partial charge < -0.3 is 10.8 Å². The molecule has 1 aliphatic rings. The number of anilines is 1. The molecule has 25 heavy (non-hydrogen) atoms. The summed E-state index contributed by atoms with van der Waals surface area (Å²) >= 11 is 3.15. The number of non-ortho nitro benzene ring substituents is 1. The highest BCUT2D eigenvalue weighted by atomic mass is 79.9. The number of benzene rings is 2. The van der Waals surface area contributed by atoms with E-state index in [0.29, 0.717) is 11.5 Å². The number of nitrogens with two attached hydrogens (primary N) is 1. The Labute approximate surface area is 149 Å². The van der Waals surface area contributed by atoms with Gasteiger partial charge in [0, 0.05) is 17.7 Å². The molecule has 10 heteroatoms. The number of rotatable bonds is 2. The van der Waals surface area contributed by atoms with Gasteiger partial charge >= 0.3 is 0 Å². The third-order valence-electron chi connectivity index (χ3n) is 3.91. The second kappa shape index (κ2) is 5.45. The summed E-state index contributed by atoms with van der Waals surface area (Å²) in [5.41, 5.74) is 7.39. The standard InChI is InChI=1S/C15H11BrN6O3/c16-9-6-7(22(24)25)5-8(12(9)23)13-19-14(17)20-15-18-10-3-1-2-4-11(10)21(13)15/h1-6,13,23H,(H3,17,18,19,20)/t13-/m0/s1. The summed E-state index contributed by atoms with van der Waals surface area (Å²) < 4.78 is 1.94. The zero-order valence-corrected chi connectivity index (χ0v) is 14.1. The number of hydrogen-bond acceptors (Lipinski definition) is 7. The predicted octanol–water partition coefficient (Wildman–Crippen LogP) is 2.70. The van der Waals surface area contributed by atoms with E-state index in [0.717, 1.165) is 5.52 Å². The van der Waals surface area contributed by atoms with Crippen molar-refractivity contribution in [3.05, 3.63) is 56.5 Å². The van der Waals surface area contributed by atoms with Gasteiger partial charge in [-0.15, -0.1) is 0 Å². The summed E-state index contributed by atoms with van der Waals surface area (Å²) in [7, 11) is 0. The van der Waals surface area contributed by atoms with E-state index in [4.69, 9.17) is 5.73 Å². The first-order valence-corrected chi connectivity index (χ1v) is 7.99. The molecule has 0 spiro atoms. The van der Waals surface area contributed by atoms with Crippen molar-refractivity contribution in [1.29, 1.82) is 0 Å². The van der Waals surface area contributed by atoms with Crippen LogP contribution in [0.1, 0.15) is 11.7 Å². The van der Waals surface area contributed by atoms with Crippen molar-refractivity contribution in [3.8, 4) is 5.75 Å². The van der Waals surface area contributed by atoms with E-state index in [-0.39, 0.29) is 27.4 Å². The van der Waals surface area contributed by atoms with Crippen molar-refractivity contribution in [1.82, 2.24) is 9.55 Å². The van der Waals surface area contributed by atoms with Crippen LogP contribution in [0.5, 0.6) is 5.75 Å². The summed E-state index contributed by atoms with van der Waals surface area (Å²) in [4.78, 5) is 19.4. The van der Waals surface area contributed by atoms with Gasteiger partial charge in [-0.1, -0.05) is 12.1 Å². The van der Waals surface area contributed by atoms with Gasteiger partial charge in [-0.3, -0.25) is 20.0 Å². The second-order valence-electron chi connectivity index (χ2n) is 5.43. The number of nitrogens with one attached hydrogen (secondary N) is 1. The minimum Gasteiger partial charge on any atom is -0.506 e. The largest absolute Gasteiger partial charge is 0.506 e. The van der Waals surface area contributed by atoms with Gasteiger partial charge in [0.15, 0.2) is 12.1 Å². The molecule has 9 nitrogen and oxygen atoms in total. The van der Waals surface area contributed by atoms with Crippen LogP contribution < -0.4 is 11.1 Å². The van der Waals surface area contributed by atoms with Crippen LogP contribution in [0.4, 0.5) is 11.6 Å². The van der Waals surface area contributed by atoms with Gasteiger partial charge in [-0.2, -0.15) is 0 Å². The fourth-order valence-electron chi connectivity index (χ4n) is 2.83. The molecule has 126 valence electrons. The molecule has 0 bridgehead atoms. The molecule has 1 atom stereocenters. The summed E-state index contributed by atoms with van der Waals surface area (Å²) in [5, 5.41) is 24.5. The van der Waals surface area contributed by atoms with E-state index >= 15 is 0 Å². The minimum atomic E-state index is -0.792.